The molecule has 1 saturated heterocycles. The number of nitrogens with one attached hydrogen (secondary N) is 1. The van der Waals surface area contributed by atoms with Gasteiger partial charge in [-0.3, -0.25) is 4.79 Å². The summed E-state index contributed by atoms with van der Waals surface area (Å²) < 4.78 is 5.16. The van der Waals surface area contributed by atoms with Crippen LogP contribution in [0.3, 0.4) is 0 Å². The van der Waals surface area contributed by atoms with Gasteiger partial charge in [-0.15, -0.1) is 0 Å². The van der Waals surface area contributed by atoms with Crippen LogP contribution >= 0.6 is 0 Å². The number of ether oxygens (including phenoxy) is 1. The van der Waals surface area contributed by atoms with Crippen molar-refractivity contribution in [3.63, 3.8) is 0 Å². The Bertz CT molecular complexity index is 524. The maximum absolute atomic E-state index is 11.9. The summed E-state index contributed by atoms with van der Waals surface area (Å²) in [5, 5.41) is 11.5. The Morgan fingerprint density at radius 3 is 2.70 bits per heavy atom. The molecule has 1 heterocycles. The number of carboxylic acid groups (broad SMARTS) is 1. The number of carbonyl (C=O) groups excluding carboxylic acids is 1. The second kappa shape index (κ2) is 5.81. The molecule has 0 aromatic heterocycles. The molecule has 108 valence electrons. The van der Waals surface area contributed by atoms with E-state index in [9.17, 15) is 9.59 Å². The van der Waals surface area contributed by atoms with Crippen molar-refractivity contribution in [3.05, 3.63) is 23.8 Å². The number of aryl methyl sites for hydroxylation is 1. The number of hydrogen-bond donors (Lipinski definition) is 2. The Morgan fingerprint density at radius 1 is 1.45 bits per heavy atom. The number of carboxylic acids is 1. The summed E-state index contributed by atoms with van der Waals surface area (Å²) in [6, 6.07) is 5.22. The summed E-state index contributed by atoms with van der Waals surface area (Å²) in [5.41, 5.74) is 1.65. The maximum Gasteiger partial charge on any atom is 0.321 e. The Labute approximate surface area is 117 Å². The highest BCUT2D eigenvalue weighted by Gasteiger charge is 2.32. The van der Waals surface area contributed by atoms with Crippen molar-refractivity contribution in [2.75, 3.05) is 25.5 Å². The predicted molar refractivity (Wildman–Crippen MR) is 74.1 cm³/mol. The molecule has 20 heavy (non-hydrogen) atoms. The number of carbonyl (C=O) groups is 2. The smallest absolute Gasteiger partial charge is 0.321 e. The van der Waals surface area contributed by atoms with E-state index in [0.29, 0.717) is 18.8 Å². The Morgan fingerprint density at radius 2 is 2.15 bits per heavy atom. The number of hydrogen-bond acceptors (Lipinski definition) is 3. The summed E-state index contributed by atoms with van der Waals surface area (Å²) in [5.74, 6) is 0.0187. The molecule has 0 atom stereocenters. The van der Waals surface area contributed by atoms with Crippen LogP contribution in [0.4, 0.5) is 10.5 Å². The fourth-order valence-corrected chi connectivity index (χ4v) is 2.27. The summed E-state index contributed by atoms with van der Waals surface area (Å²) in [7, 11) is 1.60. The molecule has 0 unspecified atom stereocenters. The molecule has 2 N–H and O–H groups in total. The van der Waals surface area contributed by atoms with Crippen molar-refractivity contribution in [3.8, 4) is 5.75 Å². The molecular formula is C14H18N2O4. The summed E-state index contributed by atoms with van der Waals surface area (Å²) >= 11 is 0. The molecule has 0 bridgehead atoms. The lowest BCUT2D eigenvalue weighted by molar-refractivity contribution is -0.139. The molecule has 0 saturated carbocycles. The van der Waals surface area contributed by atoms with E-state index in [2.05, 4.69) is 5.32 Å². The molecule has 6 heteroatoms. The molecule has 1 aromatic rings. The van der Waals surface area contributed by atoms with E-state index < -0.39 is 5.97 Å². The number of urea groups is 1. The molecular weight excluding hydrogens is 260 g/mol. The van der Waals surface area contributed by atoms with Crippen LogP contribution in [0.25, 0.3) is 0 Å². The lowest BCUT2D eigenvalue weighted by Gasteiger charge is -2.38. The van der Waals surface area contributed by atoms with Crippen LogP contribution in [0.5, 0.6) is 5.75 Å². The number of amides is 2. The summed E-state index contributed by atoms with van der Waals surface area (Å²) in [6.45, 7) is 2.89. The van der Waals surface area contributed by atoms with Crippen LogP contribution in [0, 0.1) is 12.8 Å². The standard InChI is InChI=1S/C14H18N2O4/c1-9-5-11(3-4-12(9)20-2)15-14(19)16-7-10(8-16)6-13(17)18/h3-5,10H,6-8H2,1-2H3,(H,15,19)(H,17,18). The fourth-order valence-electron chi connectivity index (χ4n) is 2.27. The third-order valence-electron chi connectivity index (χ3n) is 3.35. The van der Waals surface area contributed by atoms with Crippen LogP contribution in [0.15, 0.2) is 18.2 Å². The van der Waals surface area contributed by atoms with Gasteiger partial charge in [0.1, 0.15) is 5.75 Å². The second-order valence-electron chi connectivity index (χ2n) is 4.98. The zero-order chi connectivity index (χ0) is 14.7. The van der Waals surface area contributed by atoms with E-state index in [1.807, 2.05) is 13.0 Å². The first kappa shape index (κ1) is 14.2. The van der Waals surface area contributed by atoms with E-state index in [-0.39, 0.29) is 18.4 Å². The number of methoxy groups -OCH3 is 1. The highest BCUT2D eigenvalue weighted by molar-refractivity contribution is 5.90. The fraction of sp³-hybridized carbons (Fsp3) is 0.429. The largest absolute Gasteiger partial charge is 0.496 e. The summed E-state index contributed by atoms with van der Waals surface area (Å²) in [6.07, 6.45) is 0.116. The molecule has 0 aliphatic carbocycles. The number of nitrogens with zero attached hydrogens (tertiary/aromatic N) is 1. The van der Waals surface area contributed by atoms with E-state index in [1.165, 1.54) is 0 Å². The third-order valence-corrected chi connectivity index (χ3v) is 3.35. The molecule has 6 nitrogen and oxygen atoms in total. The maximum atomic E-state index is 11.9. The van der Waals surface area contributed by atoms with E-state index in [4.69, 9.17) is 9.84 Å². The van der Waals surface area contributed by atoms with Crippen molar-refractivity contribution in [1.29, 1.82) is 0 Å². The molecule has 1 aliphatic rings. The number of anilines is 1. The van der Waals surface area contributed by atoms with Gasteiger partial charge in [0.05, 0.1) is 13.5 Å². The third kappa shape index (κ3) is 3.20. The van der Waals surface area contributed by atoms with Gasteiger partial charge >= 0.3 is 12.0 Å². The van der Waals surface area contributed by atoms with Crippen LogP contribution in [-0.2, 0) is 4.79 Å². The molecule has 1 aliphatic heterocycles. The minimum Gasteiger partial charge on any atom is -0.496 e. The quantitative estimate of drug-likeness (QED) is 0.882. The van der Waals surface area contributed by atoms with E-state index in [1.54, 1.807) is 24.1 Å². The Balaban J connectivity index is 1.87. The topological polar surface area (TPSA) is 78.9 Å². The van der Waals surface area contributed by atoms with E-state index in [0.717, 1.165) is 11.3 Å². The van der Waals surface area contributed by atoms with Gasteiger partial charge in [-0.1, -0.05) is 0 Å². The predicted octanol–water partition coefficient (Wildman–Crippen LogP) is 1.94. The first-order valence-electron chi connectivity index (χ1n) is 6.42. The number of benzene rings is 1. The first-order valence-corrected chi connectivity index (χ1v) is 6.42. The van der Waals surface area contributed by atoms with Gasteiger partial charge in [0.2, 0.25) is 0 Å². The first-order chi connectivity index (χ1) is 9.49. The minimum atomic E-state index is -0.819. The zero-order valence-corrected chi connectivity index (χ0v) is 11.5. The van der Waals surface area contributed by atoms with Gasteiger partial charge in [0, 0.05) is 24.7 Å². The highest BCUT2D eigenvalue weighted by atomic mass is 16.5. The number of likely N-dealkylation sites (tertiary alicyclic amines) is 1. The average Bonchev–Trinajstić information content (AvgIpc) is 2.33. The van der Waals surface area contributed by atoms with Crippen LogP contribution < -0.4 is 10.1 Å². The lowest BCUT2D eigenvalue weighted by atomic mass is 9.97. The second-order valence-corrected chi connectivity index (χ2v) is 4.98. The summed E-state index contributed by atoms with van der Waals surface area (Å²) in [4.78, 5) is 24.1. The highest BCUT2D eigenvalue weighted by Crippen LogP contribution is 2.23. The molecule has 0 spiro atoms. The van der Waals surface area contributed by atoms with Gasteiger partial charge < -0.3 is 20.1 Å². The van der Waals surface area contributed by atoms with Gasteiger partial charge in [0.25, 0.3) is 0 Å². The van der Waals surface area contributed by atoms with Crippen LogP contribution in [0.1, 0.15) is 12.0 Å². The number of rotatable bonds is 4. The van der Waals surface area contributed by atoms with Crippen molar-refractivity contribution in [1.82, 2.24) is 4.90 Å². The molecule has 0 radical (unpaired) electrons. The van der Waals surface area contributed by atoms with Crippen molar-refractivity contribution < 1.29 is 19.4 Å². The number of aliphatic carboxylic acids is 1. The molecule has 2 amide bonds. The minimum absolute atomic E-state index is 0.0656. The van der Waals surface area contributed by atoms with Gasteiger partial charge in [0.15, 0.2) is 0 Å². The van der Waals surface area contributed by atoms with Crippen molar-refractivity contribution in [2.45, 2.75) is 13.3 Å². The zero-order valence-electron chi connectivity index (χ0n) is 11.5. The lowest BCUT2D eigenvalue weighted by Crippen LogP contribution is -2.52. The van der Waals surface area contributed by atoms with Gasteiger partial charge in [-0.25, -0.2) is 4.79 Å². The van der Waals surface area contributed by atoms with Crippen molar-refractivity contribution >= 4 is 17.7 Å². The van der Waals surface area contributed by atoms with E-state index >= 15 is 0 Å². The average molecular weight is 278 g/mol. The normalized spacial score (nSPS) is 14.6. The Hall–Kier alpha value is -2.24. The van der Waals surface area contributed by atoms with Crippen molar-refractivity contribution in [2.24, 2.45) is 5.92 Å². The van der Waals surface area contributed by atoms with Gasteiger partial charge in [-0.05, 0) is 30.7 Å². The molecule has 2 rings (SSSR count). The Kier molecular flexibility index (Phi) is 4.12. The SMILES string of the molecule is COc1ccc(NC(=O)N2CC(CC(=O)O)C2)cc1C. The van der Waals surface area contributed by atoms with Gasteiger partial charge in [-0.2, -0.15) is 0 Å². The monoisotopic (exact) mass is 278 g/mol. The molecule has 1 aromatic carbocycles. The molecule has 1 fully saturated rings. The van der Waals surface area contributed by atoms with Crippen LogP contribution in [0.2, 0.25) is 0 Å². The van der Waals surface area contributed by atoms with Crippen LogP contribution in [-0.4, -0.2) is 42.2 Å².